The number of nitrogens with two attached hydrogens (primary N) is 4. The maximum absolute atomic E-state index is 7.10. The molecule has 0 bridgehead atoms. The van der Waals surface area contributed by atoms with E-state index < -0.39 is 0 Å². The van der Waals surface area contributed by atoms with E-state index in [4.69, 9.17) is 22.5 Å². The van der Waals surface area contributed by atoms with E-state index in [1.54, 1.807) is 0 Å². The van der Waals surface area contributed by atoms with E-state index in [2.05, 4.69) is 63.1 Å². The summed E-state index contributed by atoms with van der Waals surface area (Å²) in [4.78, 5) is 8.57. The Labute approximate surface area is 185 Å². The molecule has 2 rings (SSSR count). The van der Waals surface area contributed by atoms with Gasteiger partial charge in [-0.05, 0) is 0 Å². The van der Waals surface area contributed by atoms with Crippen LogP contribution in [0, 0.1) is 11.5 Å². The molecule has 0 fully saturated rings. The summed E-state index contributed by atoms with van der Waals surface area (Å²) >= 11 is -0.565. The molecule has 0 heterocycles. The Morgan fingerprint density at radius 3 is 1.79 bits per heavy atom. The van der Waals surface area contributed by atoms with Gasteiger partial charge in [-0.2, -0.15) is 5.26 Å². The fourth-order valence-corrected chi connectivity index (χ4v) is 5.24. The number of guanidine groups is 1. The summed E-state index contributed by atoms with van der Waals surface area (Å²) in [5.41, 5.74) is 22.6. The van der Waals surface area contributed by atoms with Crippen LogP contribution in [0.4, 0.5) is 9.41 Å². The van der Waals surface area contributed by atoms with Gasteiger partial charge >= 0.3 is 160 Å². The topological polar surface area (TPSA) is 140 Å². The zero-order valence-electron chi connectivity index (χ0n) is 16.1. The Hall–Kier alpha value is -1.58. The third-order valence-corrected chi connectivity index (χ3v) is 8.18. The summed E-state index contributed by atoms with van der Waals surface area (Å²) in [6.45, 7) is 1.27. The van der Waals surface area contributed by atoms with Crippen molar-refractivity contribution in [1.29, 1.82) is 5.26 Å². The van der Waals surface area contributed by atoms with Crippen LogP contribution in [0.15, 0.2) is 53.5 Å². The first-order valence-corrected chi connectivity index (χ1v) is 16.4. The Kier molecular flexibility index (Phi) is 22.4. The summed E-state index contributed by atoms with van der Waals surface area (Å²) in [6.07, 6.45) is 1.25. The van der Waals surface area contributed by atoms with Gasteiger partial charge in [0.2, 0.25) is 0 Å². The van der Waals surface area contributed by atoms with Gasteiger partial charge in [0.1, 0.15) is 0 Å². The number of hydrogen-bond acceptors (Lipinski definition) is 4. The van der Waals surface area contributed by atoms with Crippen LogP contribution in [0.5, 0.6) is 0 Å². The summed E-state index contributed by atoms with van der Waals surface area (Å²) in [5, 5.41) is 7.10. The number of rotatable bonds is 5. The molecule has 0 saturated heterocycles. The fraction of sp³-hybridized carbons (Fsp3) is 0.222. The SMILES string of the molecule is F.F.N#CN.[CH3][Sn][c]1cccc(CN)c1.[CH3][Sn][c]1cccc(CN=C(N)N)c1. The van der Waals surface area contributed by atoms with E-state index in [0.29, 0.717) is 13.1 Å². The zero-order chi connectivity index (χ0) is 19.8. The molecule has 10 heteroatoms. The number of halogens is 2. The molecule has 0 aliphatic heterocycles. The Morgan fingerprint density at radius 2 is 1.39 bits per heavy atom. The summed E-state index contributed by atoms with van der Waals surface area (Å²) in [5.74, 6) is 0.155. The molecule has 0 atom stereocenters. The van der Waals surface area contributed by atoms with Crippen molar-refractivity contribution < 1.29 is 9.41 Å². The van der Waals surface area contributed by atoms with Crippen LogP contribution >= 0.6 is 0 Å². The van der Waals surface area contributed by atoms with Gasteiger partial charge in [-0.25, -0.2) is 0 Å². The maximum atomic E-state index is 7.10. The molecule has 152 valence electrons. The molecule has 2 aromatic rings. The van der Waals surface area contributed by atoms with Crippen molar-refractivity contribution in [3.05, 3.63) is 59.7 Å². The average Bonchev–Trinajstić information content (AvgIpc) is 2.67. The van der Waals surface area contributed by atoms with E-state index >= 15 is 0 Å². The van der Waals surface area contributed by atoms with Gasteiger partial charge in [0.15, 0.2) is 6.19 Å². The van der Waals surface area contributed by atoms with Crippen molar-refractivity contribution in [2.75, 3.05) is 0 Å². The summed E-state index contributed by atoms with van der Waals surface area (Å²) in [6, 6.07) is 17.1. The molecule has 0 aromatic heterocycles. The minimum absolute atomic E-state index is 0. The molecule has 28 heavy (non-hydrogen) atoms. The molecule has 2 aromatic carbocycles. The summed E-state index contributed by atoms with van der Waals surface area (Å²) < 4.78 is 3.01. The molecule has 0 spiro atoms. The monoisotopic (exact) mass is 606 g/mol. The molecule has 4 radical (unpaired) electrons. The molecule has 0 aliphatic carbocycles. The Bertz CT molecular complexity index is 700. The van der Waals surface area contributed by atoms with Gasteiger partial charge in [-0.15, -0.1) is 0 Å². The molecule has 0 saturated carbocycles. The number of aliphatic imine (C=N–C) groups is 1. The van der Waals surface area contributed by atoms with Crippen LogP contribution in [0.25, 0.3) is 0 Å². The van der Waals surface area contributed by atoms with Crippen molar-refractivity contribution in [3.63, 3.8) is 0 Å². The standard InChI is InChI=1S/C8H10N3.C7H8N.CH2N2.2CH3.2FH.2Sn/c9-8(10)11-6-7-4-2-1-3-5-7;8-6-7-4-2-1-3-5-7;2-1-3;;;;;;/h1-2,4-5H,6H2,(H4,9,10,11);1-2,4-5H,6,8H2;2H2;2*1H3;2*1H;;. The second-order valence-corrected chi connectivity index (χ2v) is 11.1. The third-order valence-electron chi connectivity index (χ3n) is 3.11. The molecule has 0 amide bonds. The van der Waals surface area contributed by atoms with Gasteiger partial charge in [-0.1, -0.05) is 0 Å². The van der Waals surface area contributed by atoms with Gasteiger partial charge in [-0.3, -0.25) is 9.41 Å². The van der Waals surface area contributed by atoms with E-state index in [0.717, 1.165) is 0 Å². The molecule has 0 aliphatic rings. The van der Waals surface area contributed by atoms with Crippen LogP contribution in [0.1, 0.15) is 11.1 Å². The number of nitriles is 1. The first-order chi connectivity index (χ1) is 12.5. The quantitative estimate of drug-likeness (QED) is 0.126. The van der Waals surface area contributed by atoms with Gasteiger partial charge in [0.05, 0.1) is 0 Å². The van der Waals surface area contributed by atoms with Crippen molar-refractivity contribution >= 4 is 55.4 Å². The number of nitrogens with zero attached hydrogens (tertiary/aromatic N) is 2. The van der Waals surface area contributed by atoms with Crippen molar-refractivity contribution in [1.82, 2.24) is 0 Å². The normalized spacial score (nSPS) is 8.21. The average molecular weight is 604 g/mol. The van der Waals surface area contributed by atoms with Crippen LogP contribution < -0.4 is 30.1 Å². The second kappa shape index (κ2) is 20.2. The second-order valence-electron chi connectivity index (χ2n) is 4.98. The van der Waals surface area contributed by atoms with E-state index in [1.807, 2.05) is 6.07 Å². The minimum atomic E-state index is -0.327. The predicted molar refractivity (Wildman–Crippen MR) is 118 cm³/mol. The molecule has 0 unspecified atom stereocenters. The van der Waals surface area contributed by atoms with Crippen LogP contribution in [-0.2, 0) is 13.1 Å². The third kappa shape index (κ3) is 15.5. The van der Waals surface area contributed by atoms with E-state index in [1.165, 1.54) is 24.5 Å². The Morgan fingerprint density at radius 1 is 0.964 bits per heavy atom. The molecular formula is C18H28F2N6Sn2. The summed E-state index contributed by atoms with van der Waals surface area (Å²) in [7, 11) is 0. The van der Waals surface area contributed by atoms with Crippen molar-refractivity contribution in [2.45, 2.75) is 23.0 Å². The Balaban J connectivity index is -0.000000376. The molecule has 8 N–H and O–H groups in total. The first kappa shape index (κ1) is 31.1. The van der Waals surface area contributed by atoms with Crippen LogP contribution in [-0.4, -0.2) is 48.2 Å². The van der Waals surface area contributed by atoms with E-state index in [-0.39, 0.29) is 57.7 Å². The van der Waals surface area contributed by atoms with Gasteiger partial charge in [0, 0.05) is 0 Å². The van der Waals surface area contributed by atoms with Crippen molar-refractivity contribution in [3.8, 4) is 6.19 Å². The van der Waals surface area contributed by atoms with E-state index in [9.17, 15) is 0 Å². The fourth-order valence-electron chi connectivity index (χ4n) is 1.86. The molecule has 6 nitrogen and oxygen atoms in total. The first-order valence-electron chi connectivity index (χ1n) is 7.89. The zero-order valence-corrected chi connectivity index (χ0v) is 21.8. The molecular weight excluding hydrogens is 576 g/mol. The van der Waals surface area contributed by atoms with Crippen LogP contribution in [0.2, 0.25) is 9.88 Å². The predicted octanol–water partition coefficient (Wildman–Crippen LogP) is 0.0917. The van der Waals surface area contributed by atoms with Crippen molar-refractivity contribution in [2.24, 2.45) is 27.9 Å². The van der Waals surface area contributed by atoms with Gasteiger partial charge in [0.25, 0.3) is 0 Å². The number of benzene rings is 2. The van der Waals surface area contributed by atoms with Gasteiger partial charge < -0.3 is 5.73 Å². The van der Waals surface area contributed by atoms with Crippen LogP contribution in [0.3, 0.4) is 0 Å². The number of hydrogen-bond donors (Lipinski definition) is 4.